The molecule has 0 radical (unpaired) electrons. The fourth-order valence-corrected chi connectivity index (χ4v) is 2.29. The van der Waals surface area contributed by atoms with Crippen LogP contribution in [-0.2, 0) is 19.4 Å². The normalized spacial score (nSPS) is 10.6. The Bertz CT molecular complexity index is 557. The van der Waals surface area contributed by atoms with Gasteiger partial charge in [0.25, 0.3) is 0 Å². The molecule has 0 aliphatic rings. The van der Waals surface area contributed by atoms with E-state index in [4.69, 9.17) is 0 Å². The van der Waals surface area contributed by atoms with Crippen LogP contribution in [0.3, 0.4) is 0 Å². The number of carbonyl (C=O) groups excluding carboxylic acids is 1. The summed E-state index contributed by atoms with van der Waals surface area (Å²) >= 11 is 0. The van der Waals surface area contributed by atoms with Crippen LogP contribution in [0.1, 0.15) is 42.0 Å². The third kappa shape index (κ3) is 3.11. The Balaban J connectivity index is 2.18. The summed E-state index contributed by atoms with van der Waals surface area (Å²) in [4.78, 5) is 16.7. The van der Waals surface area contributed by atoms with Gasteiger partial charge in [-0.2, -0.15) is 0 Å². The fourth-order valence-electron chi connectivity index (χ4n) is 2.29. The van der Waals surface area contributed by atoms with Gasteiger partial charge in [-0.1, -0.05) is 38.1 Å². The molecule has 0 aliphatic carbocycles. The van der Waals surface area contributed by atoms with E-state index in [9.17, 15) is 4.79 Å². The highest BCUT2D eigenvalue weighted by Crippen LogP contribution is 2.13. The standard InChI is InChI=1S/C16H20N2O/c1-3-10-18-11-9-17-16(18)12-15(19)14-8-6-5-7-13(14)4-2/h5-9,11H,3-4,10,12H2,1-2H3. The van der Waals surface area contributed by atoms with E-state index in [1.807, 2.05) is 30.5 Å². The van der Waals surface area contributed by atoms with Crippen LogP contribution in [0.25, 0.3) is 0 Å². The number of rotatable bonds is 6. The van der Waals surface area contributed by atoms with E-state index >= 15 is 0 Å². The third-order valence-electron chi connectivity index (χ3n) is 3.28. The summed E-state index contributed by atoms with van der Waals surface area (Å²) in [6.45, 7) is 5.11. The van der Waals surface area contributed by atoms with Crippen LogP contribution in [0.4, 0.5) is 0 Å². The molecule has 0 amide bonds. The van der Waals surface area contributed by atoms with Gasteiger partial charge >= 0.3 is 0 Å². The molecule has 1 aromatic carbocycles. The highest BCUT2D eigenvalue weighted by Gasteiger charge is 2.13. The van der Waals surface area contributed by atoms with Crippen LogP contribution < -0.4 is 0 Å². The molecule has 2 aromatic rings. The second-order valence-corrected chi connectivity index (χ2v) is 4.65. The number of carbonyl (C=O) groups is 1. The zero-order chi connectivity index (χ0) is 13.7. The fraction of sp³-hybridized carbons (Fsp3) is 0.375. The number of Topliss-reactive ketones (excluding diaryl/α,β-unsaturated/α-hetero) is 1. The second kappa shape index (κ2) is 6.32. The quantitative estimate of drug-likeness (QED) is 0.743. The SMILES string of the molecule is CCCn1ccnc1CC(=O)c1ccccc1CC. The van der Waals surface area contributed by atoms with Crippen molar-refractivity contribution in [3.05, 3.63) is 53.6 Å². The molecule has 2 rings (SSSR count). The summed E-state index contributed by atoms with van der Waals surface area (Å²) in [6, 6.07) is 7.83. The van der Waals surface area contributed by atoms with Crippen molar-refractivity contribution in [2.24, 2.45) is 0 Å². The van der Waals surface area contributed by atoms with Crippen molar-refractivity contribution >= 4 is 5.78 Å². The predicted octanol–water partition coefficient (Wildman–Crippen LogP) is 3.28. The van der Waals surface area contributed by atoms with Crippen molar-refractivity contribution in [2.75, 3.05) is 0 Å². The maximum absolute atomic E-state index is 12.4. The van der Waals surface area contributed by atoms with E-state index in [1.165, 1.54) is 0 Å². The first kappa shape index (κ1) is 13.5. The first-order valence-corrected chi connectivity index (χ1v) is 6.87. The van der Waals surface area contributed by atoms with Crippen LogP contribution in [0, 0.1) is 0 Å². The lowest BCUT2D eigenvalue weighted by Crippen LogP contribution is -2.11. The summed E-state index contributed by atoms with van der Waals surface area (Å²) in [6.07, 6.45) is 6.01. The molecule has 1 heterocycles. The second-order valence-electron chi connectivity index (χ2n) is 4.65. The number of aromatic nitrogens is 2. The number of aryl methyl sites for hydroxylation is 2. The average Bonchev–Trinajstić information content (AvgIpc) is 2.86. The van der Waals surface area contributed by atoms with Gasteiger partial charge in [0.15, 0.2) is 5.78 Å². The predicted molar refractivity (Wildman–Crippen MR) is 76.4 cm³/mol. The zero-order valence-electron chi connectivity index (χ0n) is 11.6. The molecule has 0 saturated heterocycles. The Morgan fingerprint density at radius 2 is 2.05 bits per heavy atom. The Kier molecular flexibility index (Phi) is 4.50. The molecule has 3 heteroatoms. The molecular weight excluding hydrogens is 236 g/mol. The Hall–Kier alpha value is -1.90. The summed E-state index contributed by atoms with van der Waals surface area (Å²) in [5, 5.41) is 0. The zero-order valence-corrected chi connectivity index (χ0v) is 11.6. The van der Waals surface area contributed by atoms with Crippen LogP contribution in [0.15, 0.2) is 36.7 Å². The maximum Gasteiger partial charge on any atom is 0.170 e. The number of hydrogen-bond acceptors (Lipinski definition) is 2. The molecule has 0 bridgehead atoms. The highest BCUT2D eigenvalue weighted by atomic mass is 16.1. The Morgan fingerprint density at radius 3 is 2.79 bits per heavy atom. The lowest BCUT2D eigenvalue weighted by molar-refractivity contribution is 0.0989. The van der Waals surface area contributed by atoms with Gasteiger partial charge < -0.3 is 4.57 Å². The molecule has 19 heavy (non-hydrogen) atoms. The smallest absolute Gasteiger partial charge is 0.170 e. The number of imidazole rings is 1. The molecular formula is C16H20N2O. The number of ketones is 1. The van der Waals surface area contributed by atoms with Gasteiger partial charge in [0, 0.05) is 24.5 Å². The largest absolute Gasteiger partial charge is 0.335 e. The molecule has 100 valence electrons. The van der Waals surface area contributed by atoms with E-state index in [0.717, 1.165) is 36.3 Å². The Morgan fingerprint density at radius 1 is 1.26 bits per heavy atom. The minimum Gasteiger partial charge on any atom is -0.335 e. The van der Waals surface area contributed by atoms with Gasteiger partial charge in [0.1, 0.15) is 5.82 Å². The van der Waals surface area contributed by atoms with E-state index in [0.29, 0.717) is 6.42 Å². The molecule has 0 fully saturated rings. The van der Waals surface area contributed by atoms with E-state index in [2.05, 4.69) is 23.4 Å². The van der Waals surface area contributed by atoms with Gasteiger partial charge in [-0.15, -0.1) is 0 Å². The number of nitrogens with zero attached hydrogens (tertiary/aromatic N) is 2. The van der Waals surface area contributed by atoms with Crippen LogP contribution in [0.5, 0.6) is 0 Å². The van der Waals surface area contributed by atoms with Gasteiger partial charge in [-0.3, -0.25) is 4.79 Å². The summed E-state index contributed by atoms with van der Waals surface area (Å²) < 4.78 is 2.06. The monoisotopic (exact) mass is 256 g/mol. The van der Waals surface area contributed by atoms with Crippen LogP contribution in [-0.4, -0.2) is 15.3 Å². The minimum absolute atomic E-state index is 0.154. The number of benzene rings is 1. The van der Waals surface area contributed by atoms with Gasteiger partial charge in [0.05, 0.1) is 6.42 Å². The molecule has 0 unspecified atom stereocenters. The van der Waals surface area contributed by atoms with Crippen molar-refractivity contribution in [3.63, 3.8) is 0 Å². The maximum atomic E-state index is 12.4. The summed E-state index contributed by atoms with van der Waals surface area (Å²) in [5.41, 5.74) is 1.94. The molecule has 0 aliphatic heterocycles. The van der Waals surface area contributed by atoms with Crippen molar-refractivity contribution < 1.29 is 4.79 Å². The number of hydrogen-bond donors (Lipinski definition) is 0. The van der Waals surface area contributed by atoms with E-state index < -0.39 is 0 Å². The van der Waals surface area contributed by atoms with Crippen LogP contribution >= 0.6 is 0 Å². The topological polar surface area (TPSA) is 34.9 Å². The van der Waals surface area contributed by atoms with Gasteiger partial charge in [-0.25, -0.2) is 4.98 Å². The average molecular weight is 256 g/mol. The van der Waals surface area contributed by atoms with E-state index in [-0.39, 0.29) is 5.78 Å². The van der Waals surface area contributed by atoms with Crippen molar-refractivity contribution in [2.45, 2.75) is 39.7 Å². The lowest BCUT2D eigenvalue weighted by atomic mass is 10.00. The van der Waals surface area contributed by atoms with Gasteiger partial charge in [0.2, 0.25) is 0 Å². The van der Waals surface area contributed by atoms with Crippen LogP contribution in [0.2, 0.25) is 0 Å². The molecule has 0 atom stereocenters. The highest BCUT2D eigenvalue weighted by molar-refractivity contribution is 5.98. The molecule has 0 N–H and O–H groups in total. The molecule has 1 aromatic heterocycles. The summed E-state index contributed by atoms with van der Waals surface area (Å²) in [7, 11) is 0. The lowest BCUT2D eigenvalue weighted by Gasteiger charge is -2.08. The van der Waals surface area contributed by atoms with Crippen molar-refractivity contribution in [1.29, 1.82) is 0 Å². The van der Waals surface area contributed by atoms with E-state index in [1.54, 1.807) is 6.20 Å². The van der Waals surface area contributed by atoms with Crippen molar-refractivity contribution in [3.8, 4) is 0 Å². The molecule has 3 nitrogen and oxygen atoms in total. The molecule has 0 spiro atoms. The Labute approximate surface area is 114 Å². The van der Waals surface area contributed by atoms with Crippen molar-refractivity contribution in [1.82, 2.24) is 9.55 Å². The first-order valence-electron chi connectivity index (χ1n) is 6.87. The minimum atomic E-state index is 0.154. The first-order chi connectivity index (χ1) is 9.26. The third-order valence-corrected chi connectivity index (χ3v) is 3.28. The molecule has 0 saturated carbocycles. The summed E-state index contributed by atoms with van der Waals surface area (Å²) in [5.74, 6) is 1.01. The van der Waals surface area contributed by atoms with Gasteiger partial charge in [-0.05, 0) is 18.4 Å².